The van der Waals surface area contributed by atoms with Crippen LogP contribution in [-0.4, -0.2) is 38.8 Å². The van der Waals surface area contributed by atoms with Gasteiger partial charge in [-0.05, 0) is 32.0 Å². The molecule has 0 saturated carbocycles. The lowest BCUT2D eigenvalue weighted by molar-refractivity contribution is -0.159. The molecule has 0 aliphatic rings. The van der Waals surface area contributed by atoms with E-state index in [1.54, 1.807) is 12.3 Å². The molecule has 0 spiro atoms. The summed E-state index contributed by atoms with van der Waals surface area (Å²) in [7, 11) is 0. The molecule has 0 radical (unpaired) electrons. The van der Waals surface area contributed by atoms with E-state index in [0.717, 1.165) is 17.9 Å². The first-order valence-electron chi connectivity index (χ1n) is 7.00. The Bertz CT molecular complexity index is 746. The van der Waals surface area contributed by atoms with Crippen molar-refractivity contribution in [2.24, 2.45) is 5.73 Å². The highest BCUT2D eigenvalue weighted by molar-refractivity contribution is 7.99. The zero-order chi connectivity index (χ0) is 18.8. The number of carboxylic acids is 2. The van der Waals surface area contributed by atoms with Gasteiger partial charge in [-0.3, -0.25) is 0 Å². The van der Waals surface area contributed by atoms with Crippen LogP contribution in [0.1, 0.15) is 28.7 Å². The number of thioether (sulfide) groups is 1. The van der Waals surface area contributed by atoms with Crippen LogP contribution in [0.5, 0.6) is 0 Å². The number of carboxylic acid groups (broad SMARTS) is 2. The number of nitriles is 1. The maximum atomic E-state index is 9.12. The first-order valence-corrected chi connectivity index (χ1v) is 7.88. The van der Waals surface area contributed by atoms with Crippen LogP contribution in [0.2, 0.25) is 0 Å². The summed E-state index contributed by atoms with van der Waals surface area (Å²) in [5, 5.41) is 28.3. The SMILES string of the molecule is Cc1ccc(C#N)c(S[C@H](CCN)c2ccno2)n1.O=C(O)C(=O)O. The second kappa shape index (κ2) is 10.1. The molecule has 0 aliphatic heterocycles. The number of nitrogens with two attached hydrogens (primary N) is 1. The lowest BCUT2D eigenvalue weighted by Crippen LogP contribution is -2.09. The zero-order valence-corrected chi connectivity index (χ0v) is 14.1. The van der Waals surface area contributed by atoms with Gasteiger partial charge in [-0.1, -0.05) is 16.9 Å². The molecule has 0 bridgehead atoms. The van der Waals surface area contributed by atoms with Crippen molar-refractivity contribution in [3.63, 3.8) is 0 Å². The number of hydrogen-bond acceptors (Lipinski definition) is 8. The van der Waals surface area contributed by atoms with Crippen LogP contribution in [0.25, 0.3) is 0 Å². The van der Waals surface area contributed by atoms with E-state index in [1.807, 2.05) is 19.1 Å². The Kier molecular flexibility index (Phi) is 8.11. The zero-order valence-electron chi connectivity index (χ0n) is 13.2. The molecule has 25 heavy (non-hydrogen) atoms. The van der Waals surface area contributed by atoms with E-state index in [4.69, 9.17) is 35.3 Å². The van der Waals surface area contributed by atoms with Gasteiger partial charge in [-0.2, -0.15) is 5.26 Å². The summed E-state index contributed by atoms with van der Waals surface area (Å²) >= 11 is 1.49. The molecule has 0 unspecified atom stereocenters. The van der Waals surface area contributed by atoms with Crippen LogP contribution < -0.4 is 5.73 Å². The largest absolute Gasteiger partial charge is 0.473 e. The van der Waals surface area contributed by atoms with Crippen LogP contribution in [0.15, 0.2) is 33.9 Å². The monoisotopic (exact) mass is 364 g/mol. The molecule has 2 aromatic rings. The number of hydrogen-bond donors (Lipinski definition) is 3. The van der Waals surface area contributed by atoms with Crippen molar-refractivity contribution in [3.8, 4) is 6.07 Å². The van der Waals surface area contributed by atoms with Gasteiger partial charge in [-0.25, -0.2) is 14.6 Å². The number of carbonyl (C=O) groups is 2. The molecule has 0 saturated heterocycles. The molecule has 2 heterocycles. The summed E-state index contributed by atoms with van der Waals surface area (Å²) in [5.74, 6) is -2.90. The Morgan fingerprint density at radius 1 is 1.36 bits per heavy atom. The fourth-order valence-electron chi connectivity index (χ4n) is 1.64. The lowest BCUT2D eigenvalue weighted by atomic mass is 10.2. The third-order valence-corrected chi connectivity index (χ3v) is 4.05. The van der Waals surface area contributed by atoms with E-state index in [9.17, 15) is 0 Å². The summed E-state index contributed by atoms with van der Waals surface area (Å²) in [6, 6.07) is 7.58. The first-order chi connectivity index (χ1) is 11.9. The van der Waals surface area contributed by atoms with Gasteiger partial charge in [0.15, 0.2) is 0 Å². The van der Waals surface area contributed by atoms with E-state index in [2.05, 4.69) is 16.2 Å². The van der Waals surface area contributed by atoms with E-state index in [0.29, 0.717) is 17.1 Å². The molecular weight excluding hydrogens is 348 g/mol. The van der Waals surface area contributed by atoms with Crippen molar-refractivity contribution >= 4 is 23.7 Å². The first kappa shape index (κ1) is 20.1. The molecule has 0 aromatic carbocycles. The topological polar surface area (TPSA) is 163 Å². The van der Waals surface area contributed by atoms with Crippen molar-refractivity contribution < 1.29 is 24.3 Å². The molecule has 0 fully saturated rings. The molecule has 2 aromatic heterocycles. The molecule has 10 heteroatoms. The maximum absolute atomic E-state index is 9.12. The maximum Gasteiger partial charge on any atom is 0.414 e. The van der Waals surface area contributed by atoms with Gasteiger partial charge in [0.1, 0.15) is 16.9 Å². The fourth-order valence-corrected chi connectivity index (χ4v) is 2.84. The molecule has 2 rings (SSSR count). The Morgan fingerprint density at radius 2 is 2.04 bits per heavy atom. The smallest absolute Gasteiger partial charge is 0.414 e. The molecule has 4 N–H and O–H groups in total. The highest BCUT2D eigenvalue weighted by atomic mass is 32.2. The van der Waals surface area contributed by atoms with Crippen molar-refractivity contribution in [1.82, 2.24) is 10.1 Å². The van der Waals surface area contributed by atoms with Crippen LogP contribution >= 0.6 is 11.8 Å². The van der Waals surface area contributed by atoms with Crippen molar-refractivity contribution in [2.45, 2.75) is 23.6 Å². The van der Waals surface area contributed by atoms with Gasteiger partial charge in [-0.15, -0.1) is 0 Å². The number of aromatic nitrogens is 2. The molecule has 1 atom stereocenters. The van der Waals surface area contributed by atoms with Gasteiger partial charge >= 0.3 is 11.9 Å². The van der Waals surface area contributed by atoms with E-state index < -0.39 is 11.9 Å². The van der Waals surface area contributed by atoms with Gasteiger partial charge < -0.3 is 20.5 Å². The lowest BCUT2D eigenvalue weighted by Gasteiger charge is -2.12. The Hall–Kier alpha value is -2.90. The quantitative estimate of drug-likeness (QED) is 0.524. The van der Waals surface area contributed by atoms with Crippen LogP contribution in [0.3, 0.4) is 0 Å². The van der Waals surface area contributed by atoms with Gasteiger partial charge in [0.25, 0.3) is 0 Å². The third kappa shape index (κ3) is 6.62. The normalized spacial score (nSPS) is 10.9. The number of rotatable bonds is 5. The number of nitrogens with zero attached hydrogens (tertiary/aromatic N) is 3. The predicted octanol–water partition coefficient (Wildman–Crippen LogP) is 1.59. The standard InChI is InChI=1S/C13H14N4OS.C2H2O4/c1-9-2-3-10(8-15)13(17-9)19-12(4-6-14)11-5-7-16-18-11;3-1(4)2(5)6/h2-3,5,7,12H,4,6,14H2,1H3;(H,3,4)(H,5,6)/t12-;/m1./s1. The van der Waals surface area contributed by atoms with Crippen molar-refractivity contribution in [1.29, 1.82) is 5.26 Å². The third-order valence-electron chi connectivity index (χ3n) is 2.76. The molecular formula is C15H16N4O5S. The average Bonchev–Trinajstić information content (AvgIpc) is 3.09. The van der Waals surface area contributed by atoms with Gasteiger partial charge in [0, 0.05) is 11.8 Å². The second-order valence-corrected chi connectivity index (χ2v) is 5.82. The predicted molar refractivity (Wildman–Crippen MR) is 87.7 cm³/mol. The van der Waals surface area contributed by atoms with Crippen molar-refractivity contribution in [3.05, 3.63) is 41.4 Å². The molecule has 0 amide bonds. The van der Waals surface area contributed by atoms with Crippen LogP contribution in [0, 0.1) is 18.3 Å². The Morgan fingerprint density at radius 3 is 2.52 bits per heavy atom. The van der Waals surface area contributed by atoms with E-state index >= 15 is 0 Å². The Balaban J connectivity index is 0.000000450. The highest BCUT2D eigenvalue weighted by Gasteiger charge is 2.19. The van der Waals surface area contributed by atoms with Crippen LogP contribution in [0.4, 0.5) is 0 Å². The molecule has 9 nitrogen and oxygen atoms in total. The average molecular weight is 364 g/mol. The van der Waals surface area contributed by atoms with Gasteiger partial charge in [0.2, 0.25) is 0 Å². The van der Waals surface area contributed by atoms with E-state index in [-0.39, 0.29) is 5.25 Å². The number of aliphatic carboxylic acids is 2. The minimum absolute atomic E-state index is 0.0221. The summed E-state index contributed by atoms with van der Waals surface area (Å²) in [4.78, 5) is 22.6. The Labute approximate surface area is 147 Å². The fraction of sp³-hybridized carbons (Fsp3) is 0.267. The molecule has 0 aliphatic carbocycles. The number of aryl methyl sites for hydroxylation is 1. The van der Waals surface area contributed by atoms with Crippen LogP contribution in [-0.2, 0) is 9.59 Å². The summed E-state index contributed by atoms with van der Waals surface area (Å²) < 4.78 is 5.19. The minimum Gasteiger partial charge on any atom is -0.473 e. The number of pyridine rings is 1. The van der Waals surface area contributed by atoms with Gasteiger partial charge in [0.05, 0.1) is 17.0 Å². The summed E-state index contributed by atoms with van der Waals surface area (Å²) in [6.45, 7) is 2.43. The summed E-state index contributed by atoms with van der Waals surface area (Å²) in [6.07, 6.45) is 2.34. The van der Waals surface area contributed by atoms with E-state index in [1.165, 1.54) is 11.8 Å². The second-order valence-electron chi connectivity index (χ2n) is 4.63. The highest BCUT2D eigenvalue weighted by Crippen LogP contribution is 2.37. The van der Waals surface area contributed by atoms with Crippen molar-refractivity contribution in [2.75, 3.05) is 6.54 Å². The molecule has 132 valence electrons. The summed E-state index contributed by atoms with van der Waals surface area (Å²) in [5.41, 5.74) is 7.08. The minimum atomic E-state index is -1.82.